The Bertz CT molecular complexity index is 1100. The SMILES string of the molecule is O=C1C[C@H](c2ccc(F)c(Br)c2)c2cnn(Cc3ccc4c(c3)OCO4)c2N1. The van der Waals surface area contributed by atoms with Crippen molar-refractivity contribution in [3.05, 3.63) is 69.6 Å². The molecule has 1 N–H and O–H groups in total. The molecule has 2 aromatic carbocycles. The third-order valence-corrected chi connectivity index (χ3v) is 5.61. The number of carbonyl (C=O) groups excluding carboxylic acids is 1. The molecule has 28 heavy (non-hydrogen) atoms. The number of nitrogens with zero attached hydrogens (tertiary/aromatic N) is 2. The van der Waals surface area contributed by atoms with E-state index in [0.29, 0.717) is 29.0 Å². The summed E-state index contributed by atoms with van der Waals surface area (Å²) in [5.74, 6) is 1.50. The van der Waals surface area contributed by atoms with Crippen LogP contribution in [0.3, 0.4) is 0 Å². The Labute approximate surface area is 168 Å². The lowest BCUT2D eigenvalue weighted by Crippen LogP contribution is -2.25. The highest BCUT2D eigenvalue weighted by atomic mass is 79.9. The molecule has 5 rings (SSSR count). The lowest BCUT2D eigenvalue weighted by Gasteiger charge is -2.24. The monoisotopic (exact) mass is 443 g/mol. The summed E-state index contributed by atoms with van der Waals surface area (Å²) < 4.78 is 26.5. The van der Waals surface area contributed by atoms with Crippen LogP contribution in [0.15, 0.2) is 47.1 Å². The first kappa shape index (κ1) is 17.2. The van der Waals surface area contributed by atoms with E-state index in [2.05, 4.69) is 26.3 Å². The third-order valence-electron chi connectivity index (χ3n) is 5.01. The lowest BCUT2D eigenvalue weighted by atomic mass is 9.87. The first-order valence-electron chi connectivity index (χ1n) is 8.77. The number of hydrogen-bond acceptors (Lipinski definition) is 4. The maximum absolute atomic E-state index is 13.6. The number of rotatable bonds is 3. The molecule has 0 bridgehead atoms. The normalized spacial score (nSPS) is 17.4. The summed E-state index contributed by atoms with van der Waals surface area (Å²) in [6.07, 6.45) is 2.06. The van der Waals surface area contributed by atoms with E-state index in [1.807, 2.05) is 18.2 Å². The highest BCUT2D eigenvalue weighted by molar-refractivity contribution is 9.10. The molecule has 0 saturated carbocycles. The molecule has 0 fully saturated rings. The van der Waals surface area contributed by atoms with Gasteiger partial charge in [0.15, 0.2) is 11.5 Å². The molecule has 1 atom stereocenters. The zero-order valence-electron chi connectivity index (χ0n) is 14.6. The maximum atomic E-state index is 13.6. The number of amides is 1. The van der Waals surface area contributed by atoms with Gasteiger partial charge in [-0.15, -0.1) is 0 Å². The van der Waals surface area contributed by atoms with Gasteiger partial charge in [-0.2, -0.15) is 5.10 Å². The van der Waals surface area contributed by atoms with Crippen molar-refractivity contribution in [2.75, 3.05) is 12.1 Å². The van der Waals surface area contributed by atoms with E-state index >= 15 is 0 Å². The average molecular weight is 444 g/mol. The number of nitrogens with one attached hydrogen (secondary N) is 1. The van der Waals surface area contributed by atoms with Crippen molar-refractivity contribution in [3.8, 4) is 11.5 Å². The Morgan fingerprint density at radius 1 is 1.21 bits per heavy atom. The summed E-state index contributed by atoms with van der Waals surface area (Å²) in [4.78, 5) is 12.3. The van der Waals surface area contributed by atoms with Crippen LogP contribution in [0.25, 0.3) is 0 Å². The summed E-state index contributed by atoms with van der Waals surface area (Å²) in [5.41, 5.74) is 2.77. The molecular formula is C20H15BrFN3O3. The molecule has 0 spiro atoms. The predicted octanol–water partition coefficient (Wildman–Crippen LogP) is 4.04. The molecule has 1 amide bonds. The maximum Gasteiger partial charge on any atom is 0.231 e. The van der Waals surface area contributed by atoms with Crippen molar-refractivity contribution in [2.24, 2.45) is 0 Å². The minimum atomic E-state index is -0.331. The van der Waals surface area contributed by atoms with Gasteiger partial charge in [0, 0.05) is 17.9 Å². The number of fused-ring (bicyclic) bond motifs is 2. The molecule has 3 heterocycles. The van der Waals surface area contributed by atoms with E-state index in [1.54, 1.807) is 23.0 Å². The van der Waals surface area contributed by atoms with Crippen molar-refractivity contribution in [1.29, 1.82) is 0 Å². The van der Waals surface area contributed by atoms with Crippen LogP contribution in [0, 0.1) is 5.82 Å². The van der Waals surface area contributed by atoms with Gasteiger partial charge in [-0.3, -0.25) is 4.79 Å². The molecule has 0 saturated heterocycles. The minimum absolute atomic E-state index is 0.0922. The predicted molar refractivity (Wildman–Crippen MR) is 103 cm³/mol. The number of aromatic nitrogens is 2. The second-order valence-electron chi connectivity index (χ2n) is 6.77. The summed E-state index contributed by atoms with van der Waals surface area (Å²) in [6, 6.07) is 10.6. The van der Waals surface area contributed by atoms with Gasteiger partial charge < -0.3 is 14.8 Å². The fourth-order valence-electron chi connectivity index (χ4n) is 3.63. The Balaban J connectivity index is 1.49. The molecule has 2 aliphatic rings. The van der Waals surface area contributed by atoms with E-state index in [9.17, 15) is 9.18 Å². The quantitative estimate of drug-likeness (QED) is 0.663. The largest absolute Gasteiger partial charge is 0.454 e. The van der Waals surface area contributed by atoms with Gasteiger partial charge in [-0.05, 0) is 51.3 Å². The van der Waals surface area contributed by atoms with Crippen molar-refractivity contribution < 1.29 is 18.7 Å². The Morgan fingerprint density at radius 3 is 2.93 bits per heavy atom. The lowest BCUT2D eigenvalue weighted by molar-refractivity contribution is -0.116. The number of benzene rings is 2. The molecule has 142 valence electrons. The van der Waals surface area contributed by atoms with Gasteiger partial charge in [-0.1, -0.05) is 12.1 Å². The van der Waals surface area contributed by atoms with E-state index < -0.39 is 0 Å². The fourth-order valence-corrected chi connectivity index (χ4v) is 4.03. The van der Waals surface area contributed by atoms with Gasteiger partial charge in [0.05, 0.1) is 17.2 Å². The van der Waals surface area contributed by atoms with Crippen molar-refractivity contribution in [3.63, 3.8) is 0 Å². The fraction of sp³-hybridized carbons (Fsp3) is 0.200. The van der Waals surface area contributed by atoms with Crippen molar-refractivity contribution in [1.82, 2.24) is 9.78 Å². The molecular weight excluding hydrogens is 429 g/mol. The number of halogens is 2. The van der Waals surface area contributed by atoms with Crippen LogP contribution in [-0.2, 0) is 11.3 Å². The van der Waals surface area contributed by atoms with Crippen molar-refractivity contribution >= 4 is 27.7 Å². The topological polar surface area (TPSA) is 65.4 Å². The summed E-state index contributed by atoms with van der Waals surface area (Å²) in [7, 11) is 0. The van der Waals surface area contributed by atoms with Gasteiger partial charge in [0.2, 0.25) is 12.7 Å². The summed E-state index contributed by atoms with van der Waals surface area (Å²) in [6.45, 7) is 0.701. The minimum Gasteiger partial charge on any atom is -0.454 e. The molecule has 1 aromatic heterocycles. The van der Waals surface area contributed by atoms with Crippen LogP contribution in [0.1, 0.15) is 29.0 Å². The number of ether oxygens (including phenoxy) is 2. The van der Waals surface area contributed by atoms with E-state index in [-0.39, 0.29) is 24.4 Å². The van der Waals surface area contributed by atoms with Gasteiger partial charge in [-0.25, -0.2) is 9.07 Å². The standard InChI is InChI=1S/C20H15BrFN3O3/c21-15-6-12(2-3-16(15)22)13-7-19(26)24-20-14(13)8-23-25(20)9-11-1-4-17-18(5-11)28-10-27-17/h1-6,8,13H,7,9-10H2,(H,24,26)/t13-/m1/s1. The van der Waals surface area contributed by atoms with Gasteiger partial charge in [0.1, 0.15) is 11.6 Å². The van der Waals surface area contributed by atoms with Crippen LogP contribution >= 0.6 is 15.9 Å². The first-order chi connectivity index (χ1) is 13.6. The molecule has 8 heteroatoms. The summed E-state index contributed by atoms with van der Waals surface area (Å²) >= 11 is 3.22. The second-order valence-corrected chi connectivity index (χ2v) is 7.63. The van der Waals surface area contributed by atoms with E-state index in [0.717, 1.165) is 22.4 Å². The van der Waals surface area contributed by atoms with Gasteiger partial charge in [0.25, 0.3) is 0 Å². The highest BCUT2D eigenvalue weighted by Crippen LogP contribution is 2.39. The van der Waals surface area contributed by atoms with Crippen LogP contribution in [0.4, 0.5) is 10.2 Å². The number of carbonyl (C=O) groups is 1. The third kappa shape index (κ3) is 2.93. The zero-order chi connectivity index (χ0) is 19.3. The average Bonchev–Trinajstić information content (AvgIpc) is 3.30. The van der Waals surface area contributed by atoms with Crippen LogP contribution < -0.4 is 14.8 Å². The highest BCUT2D eigenvalue weighted by Gasteiger charge is 2.30. The van der Waals surface area contributed by atoms with Crippen LogP contribution in [0.2, 0.25) is 0 Å². The van der Waals surface area contributed by atoms with Crippen LogP contribution in [0.5, 0.6) is 11.5 Å². The van der Waals surface area contributed by atoms with E-state index in [4.69, 9.17) is 9.47 Å². The first-order valence-corrected chi connectivity index (χ1v) is 9.57. The Kier molecular flexibility index (Phi) is 4.08. The summed E-state index contributed by atoms with van der Waals surface area (Å²) in [5, 5.41) is 7.41. The number of anilines is 1. The molecule has 0 unspecified atom stereocenters. The molecule has 2 aliphatic heterocycles. The van der Waals surface area contributed by atoms with E-state index in [1.165, 1.54) is 6.07 Å². The molecule has 3 aromatic rings. The number of hydrogen-bond donors (Lipinski definition) is 1. The van der Waals surface area contributed by atoms with Gasteiger partial charge >= 0.3 is 0 Å². The van der Waals surface area contributed by atoms with Crippen LogP contribution in [-0.4, -0.2) is 22.5 Å². The zero-order valence-corrected chi connectivity index (χ0v) is 16.2. The second kappa shape index (κ2) is 6.63. The molecule has 6 nitrogen and oxygen atoms in total. The smallest absolute Gasteiger partial charge is 0.231 e. The van der Waals surface area contributed by atoms with Crippen molar-refractivity contribution in [2.45, 2.75) is 18.9 Å². The Morgan fingerprint density at radius 2 is 2.07 bits per heavy atom. The molecule has 0 aliphatic carbocycles. The Hall–Kier alpha value is -2.87. The molecule has 0 radical (unpaired) electrons.